The number of aliphatic carboxylic acids is 1. The van der Waals surface area contributed by atoms with E-state index in [-0.39, 0.29) is 6.42 Å². The zero-order chi connectivity index (χ0) is 13.1. The second kappa shape index (κ2) is 5.81. The molecule has 96 valence electrons. The largest absolute Gasteiger partial charge is 0.481 e. The van der Waals surface area contributed by atoms with Crippen molar-refractivity contribution in [1.29, 1.82) is 0 Å². The van der Waals surface area contributed by atoms with Gasteiger partial charge >= 0.3 is 5.97 Å². The Morgan fingerprint density at radius 2 is 2.28 bits per heavy atom. The van der Waals surface area contributed by atoms with Gasteiger partial charge in [0.15, 0.2) is 5.13 Å². The number of anilines is 1. The lowest BCUT2D eigenvalue weighted by Crippen LogP contribution is -2.15. The molecule has 0 saturated carbocycles. The highest BCUT2D eigenvalue weighted by Crippen LogP contribution is 2.25. The van der Waals surface area contributed by atoms with E-state index in [9.17, 15) is 4.79 Å². The lowest BCUT2D eigenvalue weighted by molar-refractivity contribution is -0.136. The van der Waals surface area contributed by atoms with E-state index < -0.39 is 5.97 Å². The molecule has 2 heterocycles. The minimum Gasteiger partial charge on any atom is -0.481 e. The predicted molar refractivity (Wildman–Crippen MR) is 77.6 cm³/mol. The number of hydrogen-bond donors (Lipinski definition) is 1. The van der Waals surface area contributed by atoms with Gasteiger partial charge in [0.2, 0.25) is 0 Å². The van der Waals surface area contributed by atoms with Crippen molar-refractivity contribution < 1.29 is 9.90 Å². The molecule has 0 saturated heterocycles. The van der Waals surface area contributed by atoms with Gasteiger partial charge in [-0.1, -0.05) is 0 Å². The maximum atomic E-state index is 10.6. The summed E-state index contributed by atoms with van der Waals surface area (Å²) in [5, 5.41) is 13.4. The number of nitrogens with zero attached hydrogens (tertiary/aromatic N) is 2. The van der Waals surface area contributed by atoms with Crippen LogP contribution in [0, 0.1) is 0 Å². The Bertz CT molecular complexity index is 553. The van der Waals surface area contributed by atoms with E-state index in [4.69, 9.17) is 5.11 Å². The molecule has 0 amide bonds. The molecule has 0 aliphatic heterocycles. The molecule has 0 spiro atoms. The highest BCUT2D eigenvalue weighted by atomic mass is 79.9. The van der Waals surface area contributed by atoms with E-state index in [2.05, 4.69) is 27.0 Å². The fraction of sp³-hybridized carbons (Fsp3) is 0.273. The van der Waals surface area contributed by atoms with E-state index in [1.54, 1.807) is 16.7 Å². The van der Waals surface area contributed by atoms with Crippen molar-refractivity contribution in [3.8, 4) is 0 Å². The second-order valence-electron chi connectivity index (χ2n) is 3.78. The standard InChI is InChI=1S/C11H11BrN2O2S2/c1-14(4-9-2-7(12)5-17-9)11-13-8(6-18-11)3-10(15)16/h2,5-6H,3-4H2,1H3,(H,15,16). The van der Waals surface area contributed by atoms with Gasteiger partial charge in [-0.05, 0) is 22.0 Å². The van der Waals surface area contributed by atoms with Crippen LogP contribution in [0.25, 0.3) is 0 Å². The van der Waals surface area contributed by atoms with E-state index in [1.807, 2.05) is 17.3 Å². The third-order valence-electron chi connectivity index (χ3n) is 2.21. The van der Waals surface area contributed by atoms with Gasteiger partial charge in [0.05, 0.1) is 18.7 Å². The average molecular weight is 347 g/mol. The highest BCUT2D eigenvalue weighted by Gasteiger charge is 2.10. The number of carbonyl (C=O) groups is 1. The van der Waals surface area contributed by atoms with Crippen LogP contribution in [0.2, 0.25) is 0 Å². The topological polar surface area (TPSA) is 53.4 Å². The number of aromatic nitrogens is 1. The zero-order valence-corrected chi connectivity index (χ0v) is 12.8. The molecule has 2 aromatic heterocycles. The van der Waals surface area contributed by atoms with Crippen molar-refractivity contribution in [1.82, 2.24) is 4.98 Å². The summed E-state index contributed by atoms with van der Waals surface area (Å²) in [5.74, 6) is -0.850. The summed E-state index contributed by atoms with van der Waals surface area (Å²) in [6.07, 6.45) is -0.0190. The fourth-order valence-electron chi connectivity index (χ4n) is 1.45. The van der Waals surface area contributed by atoms with Crippen LogP contribution in [-0.4, -0.2) is 23.1 Å². The molecule has 0 aliphatic rings. The molecule has 0 aliphatic carbocycles. The Hall–Kier alpha value is -0.920. The Morgan fingerprint density at radius 3 is 2.89 bits per heavy atom. The number of thiazole rings is 1. The van der Waals surface area contributed by atoms with Gasteiger partial charge in [-0.2, -0.15) is 0 Å². The van der Waals surface area contributed by atoms with Crippen LogP contribution in [0.5, 0.6) is 0 Å². The van der Waals surface area contributed by atoms with E-state index in [0.717, 1.165) is 16.1 Å². The molecule has 0 aromatic carbocycles. The van der Waals surface area contributed by atoms with E-state index in [0.29, 0.717) is 5.69 Å². The smallest absolute Gasteiger partial charge is 0.309 e. The van der Waals surface area contributed by atoms with Gasteiger partial charge in [0.25, 0.3) is 0 Å². The minimum atomic E-state index is -0.850. The quantitative estimate of drug-likeness (QED) is 0.902. The van der Waals surface area contributed by atoms with Crippen LogP contribution in [-0.2, 0) is 17.8 Å². The molecule has 2 rings (SSSR count). The third kappa shape index (κ3) is 3.54. The molecule has 18 heavy (non-hydrogen) atoms. The van der Waals surface area contributed by atoms with Crippen LogP contribution >= 0.6 is 38.6 Å². The van der Waals surface area contributed by atoms with Crippen LogP contribution in [0.4, 0.5) is 5.13 Å². The number of carboxylic acid groups (broad SMARTS) is 1. The first-order chi connectivity index (χ1) is 8.54. The van der Waals surface area contributed by atoms with Crippen molar-refractivity contribution in [3.05, 3.63) is 31.9 Å². The Labute approximate surface area is 121 Å². The Morgan fingerprint density at radius 1 is 1.50 bits per heavy atom. The zero-order valence-electron chi connectivity index (χ0n) is 9.59. The van der Waals surface area contributed by atoms with Gasteiger partial charge in [-0.25, -0.2) is 4.98 Å². The number of hydrogen-bond acceptors (Lipinski definition) is 5. The van der Waals surface area contributed by atoms with Crippen LogP contribution in [0.3, 0.4) is 0 Å². The summed E-state index contributed by atoms with van der Waals surface area (Å²) in [5.41, 5.74) is 0.613. The molecule has 0 fully saturated rings. The molecule has 0 unspecified atom stereocenters. The summed E-state index contributed by atoms with van der Waals surface area (Å²) in [4.78, 5) is 18.2. The van der Waals surface area contributed by atoms with Gasteiger partial charge in [-0.3, -0.25) is 4.79 Å². The summed E-state index contributed by atoms with van der Waals surface area (Å²) in [7, 11) is 1.96. The first-order valence-electron chi connectivity index (χ1n) is 5.15. The minimum absolute atomic E-state index is 0.0190. The molecule has 0 radical (unpaired) electrons. The molecule has 0 atom stereocenters. The van der Waals surface area contributed by atoms with Crippen molar-refractivity contribution in [2.75, 3.05) is 11.9 Å². The van der Waals surface area contributed by atoms with Crippen molar-refractivity contribution in [3.63, 3.8) is 0 Å². The van der Waals surface area contributed by atoms with Crippen molar-refractivity contribution in [2.24, 2.45) is 0 Å². The normalized spacial score (nSPS) is 10.6. The maximum Gasteiger partial charge on any atom is 0.309 e. The lowest BCUT2D eigenvalue weighted by atomic mass is 10.3. The molecular formula is C11H11BrN2O2S2. The maximum absolute atomic E-state index is 10.6. The molecule has 2 aromatic rings. The van der Waals surface area contributed by atoms with E-state index in [1.165, 1.54) is 16.2 Å². The number of halogens is 1. The number of carboxylic acids is 1. The summed E-state index contributed by atoms with van der Waals surface area (Å²) >= 11 is 6.58. The Balaban J connectivity index is 2.02. The van der Waals surface area contributed by atoms with E-state index >= 15 is 0 Å². The van der Waals surface area contributed by atoms with Crippen molar-refractivity contribution >= 4 is 49.7 Å². The van der Waals surface area contributed by atoms with Crippen LogP contribution in [0.15, 0.2) is 21.3 Å². The Kier molecular flexibility index (Phi) is 4.36. The second-order valence-corrected chi connectivity index (χ2v) is 6.53. The van der Waals surface area contributed by atoms with Gasteiger partial charge in [0.1, 0.15) is 0 Å². The predicted octanol–water partition coefficient (Wildman–Crippen LogP) is 3.23. The third-order valence-corrected chi connectivity index (χ3v) is 4.90. The monoisotopic (exact) mass is 346 g/mol. The van der Waals surface area contributed by atoms with Gasteiger partial charge in [0, 0.05) is 27.2 Å². The lowest BCUT2D eigenvalue weighted by Gasteiger charge is -2.13. The summed E-state index contributed by atoms with van der Waals surface area (Å²) < 4.78 is 1.08. The molecule has 0 bridgehead atoms. The molecular weight excluding hydrogens is 336 g/mol. The summed E-state index contributed by atoms with van der Waals surface area (Å²) in [6, 6.07) is 2.08. The van der Waals surface area contributed by atoms with Crippen LogP contribution in [0.1, 0.15) is 10.6 Å². The molecule has 1 N–H and O–H groups in total. The molecule has 4 nitrogen and oxygen atoms in total. The number of rotatable bonds is 5. The first-order valence-corrected chi connectivity index (χ1v) is 7.70. The highest BCUT2D eigenvalue weighted by molar-refractivity contribution is 9.10. The number of thiophene rings is 1. The first kappa shape index (κ1) is 13.5. The average Bonchev–Trinajstić information content (AvgIpc) is 2.87. The van der Waals surface area contributed by atoms with Crippen LogP contribution < -0.4 is 4.90 Å². The fourth-order valence-corrected chi connectivity index (χ4v) is 3.74. The molecule has 7 heteroatoms. The van der Waals surface area contributed by atoms with Crippen molar-refractivity contribution in [2.45, 2.75) is 13.0 Å². The summed E-state index contributed by atoms with van der Waals surface area (Å²) in [6.45, 7) is 0.774. The van der Waals surface area contributed by atoms with Gasteiger partial charge < -0.3 is 10.0 Å². The van der Waals surface area contributed by atoms with Gasteiger partial charge in [-0.15, -0.1) is 22.7 Å². The SMILES string of the molecule is CN(Cc1cc(Br)cs1)c1nc(CC(=O)O)cs1.